The van der Waals surface area contributed by atoms with Gasteiger partial charge >= 0.3 is 0 Å². The molecule has 0 N–H and O–H groups in total. The maximum absolute atomic E-state index is 6.22. The molecule has 0 aliphatic rings. The molecule has 0 amide bonds. The monoisotopic (exact) mass is 554 g/mol. The summed E-state index contributed by atoms with van der Waals surface area (Å²) in [5.41, 5.74) is 2.55. The molecule has 1 unspecified atom stereocenters. The minimum Gasteiger partial charge on any atom is -1.00 e. The normalized spacial score (nSPS) is 12.0. The van der Waals surface area contributed by atoms with Crippen LogP contribution in [-0.4, -0.2) is 38.8 Å². The van der Waals surface area contributed by atoms with E-state index in [2.05, 4.69) is 80.6 Å². The first-order valence-corrected chi connectivity index (χ1v) is 7.85. The van der Waals surface area contributed by atoms with E-state index in [-0.39, 0.29) is 54.1 Å². The second-order valence-corrected chi connectivity index (χ2v) is 6.86. The molecular weight excluding hydrogens is 526 g/mol. The highest BCUT2D eigenvalue weighted by atomic mass is 127. The molecule has 1 aromatic heterocycles. The highest BCUT2D eigenvalue weighted by Gasteiger charge is 2.16. The molecular formula is C19H28I2N2O. The predicted molar refractivity (Wildman–Crippen MR) is 89.4 cm³/mol. The van der Waals surface area contributed by atoms with E-state index in [1.807, 2.05) is 7.05 Å². The lowest BCUT2D eigenvalue weighted by atomic mass is 10.0. The molecule has 0 radical (unpaired) electrons. The smallest absolute Gasteiger partial charge is 0.168 e. The highest BCUT2D eigenvalue weighted by molar-refractivity contribution is 5.20. The number of aromatic nitrogens is 1. The maximum Gasteiger partial charge on any atom is 0.168 e. The van der Waals surface area contributed by atoms with Gasteiger partial charge in [0.25, 0.3) is 0 Å². The van der Waals surface area contributed by atoms with Crippen molar-refractivity contribution in [3.05, 3.63) is 66.0 Å². The number of halogens is 2. The number of ether oxygens (including phenoxy) is 1. The summed E-state index contributed by atoms with van der Waals surface area (Å²) in [5, 5.41) is 0. The second-order valence-electron chi connectivity index (χ2n) is 6.86. The molecule has 0 fully saturated rings. The van der Waals surface area contributed by atoms with E-state index in [0.717, 1.165) is 24.1 Å². The lowest BCUT2D eigenvalue weighted by Gasteiger charge is -2.25. The van der Waals surface area contributed by atoms with Crippen molar-refractivity contribution in [3.63, 3.8) is 0 Å². The SMILES string of the molecule is C[n+]1ccc(C(Cc2ccccc2)OCC[N+](C)(C)C)cc1.[I-].[I-]. The van der Waals surface area contributed by atoms with E-state index in [4.69, 9.17) is 4.74 Å². The van der Waals surface area contributed by atoms with E-state index in [1.54, 1.807) is 0 Å². The number of hydrogen-bond acceptors (Lipinski definition) is 1. The quantitative estimate of drug-likeness (QED) is 0.197. The van der Waals surface area contributed by atoms with Crippen molar-refractivity contribution in [1.29, 1.82) is 0 Å². The first kappa shape index (κ1) is 23.8. The third-order valence-electron chi connectivity index (χ3n) is 3.72. The Morgan fingerprint density at radius 2 is 1.54 bits per heavy atom. The molecule has 2 aromatic rings. The molecule has 0 spiro atoms. The second kappa shape index (κ2) is 11.4. The number of pyridine rings is 1. The summed E-state index contributed by atoms with van der Waals surface area (Å²) < 4.78 is 9.19. The average molecular weight is 554 g/mol. The number of hydrogen-bond donors (Lipinski definition) is 0. The van der Waals surface area contributed by atoms with Crippen LogP contribution in [0.4, 0.5) is 0 Å². The summed E-state index contributed by atoms with van der Waals surface area (Å²) in [5.74, 6) is 0. The van der Waals surface area contributed by atoms with Crippen molar-refractivity contribution in [2.75, 3.05) is 34.3 Å². The molecule has 0 aliphatic heterocycles. The first-order chi connectivity index (χ1) is 10.4. The number of nitrogens with zero attached hydrogens (tertiary/aromatic N) is 2. The molecule has 1 aromatic carbocycles. The van der Waals surface area contributed by atoms with Crippen LogP contribution in [0.3, 0.4) is 0 Å². The Kier molecular flexibility index (Phi) is 11.3. The number of benzene rings is 1. The fourth-order valence-corrected chi connectivity index (χ4v) is 2.30. The van der Waals surface area contributed by atoms with Gasteiger partial charge in [-0.15, -0.1) is 0 Å². The molecule has 0 bridgehead atoms. The molecule has 134 valence electrons. The summed E-state index contributed by atoms with van der Waals surface area (Å²) in [7, 11) is 8.61. The van der Waals surface area contributed by atoms with E-state index in [9.17, 15) is 0 Å². The van der Waals surface area contributed by atoms with Crippen LogP contribution in [0, 0.1) is 0 Å². The van der Waals surface area contributed by atoms with Gasteiger partial charge < -0.3 is 57.2 Å². The zero-order chi connectivity index (χ0) is 16.0. The van der Waals surface area contributed by atoms with E-state index in [0.29, 0.717) is 0 Å². The van der Waals surface area contributed by atoms with Gasteiger partial charge in [-0.05, 0) is 11.1 Å². The Morgan fingerprint density at radius 3 is 2.08 bits per heavy atom. The number of quaternary nitrogens is 1. The van der Waals surface area contributed by atoms with Gasteiger partial charge in [-0.3, -0.25) is 0 Å². The van der Waals surface area contributed by atoms with Crippen LogP contribution in [0.25, 0.3) is 0 Å². The van der Waals surface area contributed by atoms with E-state index >= 15 is 0 Å². The van der Waals surface area contributed by atoms with Crippen molar-refractivity contribution >= 4 is 0 Å². The highest BCUT2D eigenvalue weighted by Crippen LogP contribution is 2.21. The third kappa shape index (κ3) is 8.73. The molecule has 1 heterocycles. The maximum atomic E-state index is 6.22. The standard InChI is InChI=1S/C19H28N2O.2HI/c1-20-12-10-18(11-13-20)19(22-15-14-21(2,3)4)16-17-8-6-5-7-9-17;;/h5-13,19H,14-16H2,1-4H3;2*1H/q+2;;/p-2. The average Bonchev–Trinajstić information content (AvgIpc) is 2.47. The summed E-state index contributed by atoms with van der Waals surface area (Å²) in [6.45, 7) is 1.77. The Hall–Kier alpha value is -0.250. The van der Waals surface area contributed by atoms with Gasteiger partial charge in [0.1, 0.15) is 13.6 Å². The minimum atomic E-state index is 0. The van der Waals surface area contributed by atoms with Crippen LogP contribution in [0.2, 0.25) is 0 Å². The van der Waals surface area contributed by atoms with Crippen LogP contribution < -0.4 is 52.5 Å². The van der Waals surface area contributed by atoms with Crippen LogP contribution in [-0.2, 0) is 18.2 Å². The van der Waals surface area contributed by atoms with Gasteiger partial charge in [0.05, 0.1) is 33.9 Å². The van der Waals surface area contributed by atoms with Gasteiger partial charge in [0.2, 0.25) is 0 Å². The van der Waals surface area contributed by atoms with Crippen molar-refractivity contribution in [3.8, 4) is 0 Å². The zero-order valence-electron chi connectivity index (χ0n) is 15.0. The Labute approximate surface area is 180 Å². The predicted octanol–water partition coefficient (Wildman–Crippen LogP) is -3.47. The fraction of sp³-hybridized carbons (Fsp3) is 0.421. The molecule has 24 heavy (non-hydrogen) atoms. The first-order valence-electron chi connectivity index (χ1n) is 7.85. The summed E-state index contributed by atoms with van der Waals surface area (Å²) in [4.78, 5) is 0. The molecule has 5 heteroatoms. The van der Waals surface area contributed by atoms with Crippen molar-refractivity contribution in [2.24, 2.45) is 7.05 Å². The molecule has 0 saturated carbocycles. The lowest BCUT2D eigenvalue weighted by molar-refractivity contribution is -0.870. The van der Waals surface area contributed by atoms with Crippen LogP contribution in [0.5, 0.6) is 0 Å². The molecule has 1 atom stereocenters. The van der Waals surface area contributed by atoms with Gasteiger partial charge in [0.15, 0.2) is 12.4 Å². The Balaban J connectivity index is 0.00000264. The topological polar surface area (TPSA) is 13.1 Å². The number of likely N-dealkylation sites (N-methyl/N-ethyl adjacent to an activating group) is 1. The van der Waals surface area contributed by atoms with Crippen LogP contribution in [0.1, 0.15) is 17.2 Å². The number of rotatable bonds is 7. The molecule has 2 rings (SSSR count). The van der Waals surface area contributed by atoms with Crippen molar-refractivity contribution in [1.82, 2.24) is 0 Å². The molecule has 0 saturated heterocycles. The molecule has 0 aliphatic carbocycles. The van der Waals surface area contributed by atoms with Gasteiger partial charge in [0, 0.05) is 18.6 Å². The van der Waals surface area contributed by atoms with Crippen LogP contribution in [0.15, 0.2) is 54.9 Å². The van der Waals surface area contributed by atoms with Crippen LogP contribution >= 0.6 is 0 Å². The third-order valence-corrected chi connectivity index (χ3v) is 3.72. The fourth-order valence-electron chi connectivity index (χ4n) is 2.30. The van der Waals surface area contributed by atoms with Gasteiger partial charge in [-0.2, -0.15) is 0 Å². The summed E-state index contributed by atoms with van der Waals surface area (Å²) in [6.07, 6.45) is 5.17. The number of aryl methyl sites for hydroxylation is 1. The Morgan fingerprint density at radius 1 is 0.958 bits per heavy atom. The zero-order valence-corrected chi connectivity index (χ0v) is 19.3. The van der Waals surface area contributed by atoms with E-state index < -0.39 is 0 Å². The summed E-state index contributed by atoms with van der Waals surface area (Å²) >= 11 is 0. The molecule has 3 nitrogen and oxygen atoms in total. The van der Waals surface area contributed by atoms with Gasteiger partial charge in [-0.25, -0.2) is 4.57 Å². The largest absolute Gasteiger partial charge is 1.00 e. The Bertz CT molecular complexity index is 568. The van der Waals surface area contributed by atoms with E-state index in [1.165, 1.54) is 11.1 Å². The minimum absolute atomic E-state index is 0. The van der Waals surface area contributed by atoms with Crippen molar-refractivity contribution in [2.45, 2.75) is 12.5 Å². The summed E-state index contributed by atoms with van der Waals surface area (Å²) in [6, 6.07) is 14.9. The van der Waals surface area contributed by atoms with Gasteiger partial charge in [-0.1, -0.05) is 30.3 Å². The lowest BCUT2D eigenvalue weighted by Crippen LogP contribution is -3.00. The van der Waals surface area contributed by atoms with Crippen molar-refractivity contribution < 1.29 is 61.7 Å².